The van der Waals surface area contributed by atoms with E-state index in [0.717, 1.165) is 5.56 Å². The predicted molar refractivity (Wildman–Crippen MR) is 155 cm³/mol. The van der Waals surface area contributed by atoms with Crippen molar-refractivity contribution in [2.45, 2.75) is 18.7 Å². The highest BCUT2D eigenvalue weighted by Crippen LogP contribution is 2.29. The molecule has 1 fully saturated rings. The quantitative estimate of drug-likeness (QED) is 0.364. The van der Waals surface area contributed by atoms with E-state index in [9.17, 15) is 14.4 Å². The second-order valence-electron chi connectivity index (χ2n) is 10.1. The number of aromatic nitrogens is 2. The van der Waals surface area contributed by atoms with Crippen molar-refractivity contribution in [2.75, 3.05) is 33.9 Å². The van der Waals surface area contributed by atoms with Gasteiger partial charge in [0.2, 0.25) is 0 Å². The lowest BCUT2D eigenvalue weighted by Gasteiger charge is -2.22. The minimum atomic E-state index is -0.605. The van der Waals surface area contributed by atoms with Crippen molar-refractivity contribution in [2.24, 2.45) is 0 Å². The lowest BCUT2D eigenvalue weighted by Crippen LogP contribution is -2.45. The van der Waals surface area contributed by atoms with Crippen molar-refractivity contribution in [3.63, 3.8) is 0 Å². The summed E-state index contributed by atoms with van der Waals surface area (Å²) >= 11 is 6.10. The van der Waals surface area contributed by atoms with Gasteiger partial charge in [0.1, 0.15) is 40.4 Å². The largest absolute Gasteiger partial charge is 0.497 e. The Hall–Kier alpha value is -4.97. The van der Waals surface area contributed by atoms with Gasteiger partial charge in [0, 0.05) is 48.7 Å². The van der Waals surface area contributed by atoms with Gasteiger partial charge in [-0.25, -0.2) is 4.98 Å². The summed E-state index contributed by atoms with van der Waals surface area (Å²) in [7, 11) is 3.00. The van der Waals surface area contributed by atoms with E-state index in [1.54, 1.807) is 64.2 Å². The molecule has 0 radical (unpaired) electrons. The first-order valence-corrected chi connectivity index (χ1v) is 13.8. The molecule has 7 rings (SSSR count). The molecule has 2 aromatic carbocycles. The molecular weight excluding hydrogens is 578 g/mol. The Kier molecular flexibility index (Phi) is 7.68. The van der Waals surface area contributed by atoms with E-state index in [0.29, 0.717) is 27.9 Å². The van der Waals surface area contributed by atoms with Crippen LogP contribution in [0.3, 0.4) is 0 Å². The Morgan fingerprint density at radius 1 is 1.02 bits per heavy atom. The number of nitrogens with one attached hydrogen (secondary N) is 2. The molecule has 0 saturated carbocycles. The van der Waals surface area contributed by atoms with E-state index in [1.165, 1.54) is 20.3 Å². The van der Waals surface area contributed by atoms with Crippen LogP contribution < -0.4 is 29.6 Å². The zero-order valence-electron chi connectivity index (χ0n) is 23.3. The number of hydrogen-bond donors (Lipinski definition) is 2. The van der Waals surface area contributed by atoms with Gasteiger partial charge < -0.3 is 38.9 Å². The Bertz CT molecular complexity index is 1720. The van der Waals surface area contributed by atoms with Gasteiger partial charge >= 0.3 is 0 Å². The smallest absolute Gasteiger partial charge is 0.274 e. The minimum Gasteiger partial charge on any atom is -0.497 e. The lowest BCUT2D eigenvalue weighted by atomic mass is 10.1. The van der Waals surface area contributed by atoms with Crippen LogP contribution in [0.1, 0.15) is 26.4 Å². The van der Waals surface area contributed by atoms with Crippen LogP contribution in [-0.2, 0) is 11.3 Å². The van der Waals surface area contributed by atoms with Crippen LogP contribution in [0.5, 0.6) is 23.0 Å². The fourth-order valence-corrected chi connectivity index (χ4v) is 5.26. The topological polar surface area (TPSA) is 133 Å². The molecule has 3 amide bonds. The number of likely N-dealkylation sites (tertiary alicyclic amines) is 1. The first-order chi connectivity index (χ1) is 20.8. The molecule has 0 unspecified atom stereocenters. The normalized spacial score (nSPS) is 18.6. The van der Waals surface area contributed by atoms with Crippen molar-refractivity contribution in [1.29, 1.82) is 0 Å². The van der Waals surface area contributed by atoms with E-state index in [-0.39, 0.29) is 55.1 Å². The van der Waals surface area contributed by atoms with E-state index in [4.69, 9.17) is 30.5 Å². The first kappa shape index (κ1) is 28.2. The zero-order chi connectivity index (χ0) is 30.1. The number of imidazole rings is 1. The molecule has 3 aliphatic heterocycles. The maximum absolute atomic E-state index is 13.6. The first-order valence-electron chi connectivity index (χ1n) is 13.5. The zero-order valence-corrected chi connectivity index (χ0v) is 24.1. The summed E-state index contributed by atoms with van der Waals surface area (Å²) in [4.78, 5) is 45.6. The molecule has 4 aromatic rings. The Labute approximate surface area is 251 Å². The summed E-state index contributed by atoms with van der Waals surface area (Å²) in [5.74, 6) is 0.556. The average molecular weight is 606 g/mol. The summed E-state index contributed by atoms with van der Waals surface area (Å²) < 4.78 is 24.6. The highest BCUT2D eigenvalue weighted by atomic mass is 35.5. The summed E-state index contributed by atoms with van der Waals surface area (Å²) in [6.07, 6.45) is 2.69. The molecule has 1 saturated heterocycles. The van der Waals surface area contributed by atoms with Gasteiger partial charge in [-0.15, -0.1) is 0 Å². The monoisotopic (exact) mass is 605 g/mol. The lowest BCUT2D eigenvalue weighted by molar-refractivity contribution is -0.123. The Morgan fingerprint density at radius 3 is 2.70 bits per heavy atom. The fourth-order valence-electron chi connectivity index (χ4n) is 5.10. The number of amides is 3. The SMILES string of the molecule is COc1cc2cc(c1)C(=O)N[C@H]1CN(C(=O)c3cn4cc(Cl)ccc4n3)C[C@@H]1Oc1ccc(c(OC)c1)CNC(=O)CO2. The number of carbonyl (C=O) groups excluding carboxylic acids is 3. The van der Waals surface area contributed by atoms with Crippen LogP contribution in [-0.4, -0.2) is 78.1 Å². The van der Waals surface area contributed by atoms with Crippen LogP contribution in [0.25, 0.3) is 5.65 Å². The maximum atomic E-state index is 13.6. The molecular formula is C30H28ClN5O7. The van der Waals surface area contributed by atoms with Crippen LogP contribution in [0.15, 0.2) is 60.9 Å². The second kappa shape index (κ2) is 11.7. The molecule has 3 aliphatic rings. The Balaban J connectivity index is 1.33. The summed E-state index contributed by atoms with van der Waals surface area (Å²) in [5, 5.41) is 6.33. The van der Waals surface area contributed by atoms with Gasteiger partial charge in [-0.05, 0) is 36.4 Å². The maximum Gasteiger partial charge on any atom is 0.274 e. The van der Waals surface area contributed by atoms with Crippen LogP contribution >= 0.6 is 11.6 Å². The number of rotatable bonds is 3. The van der Waals surface area contributed by atoms with Gasteiger partial charge in [-0.2, -0.15) is 0 Å². The predicted octanol–water partition coefficient (Wildman–Crippen LogP) is 2.72. The third kappa shape index (κ3) is 6.00. The molecule has 5 heterocycles. The molecule has 2 aromatic heterocycles. The standard InChI is InChI=1S/C30H28ClN5O7/c1-40-21-7-18-8-22(9-21)42-16-28(37)32-11-17-3-5-20(10-25(17)41-2)43-26-15-36(13-23(26)34-29(18)38)30(39)24-14-35-12-19(31)4-6-27(35)33-24/h3-10,12,14,23,26H,11,13,15-16H2,1-2H3,(H,32,37)(H,34,38)/t23-,26-/m0/s1. The van der Waals surface area contributed by atoms with E-state index >= 15 is 0 Å². The van der Waals surface area contributed by atoms with Gasteiger partial charge in [-0.3, -0.25) is 14.4 Å². The molecule has 4 bridgehead atoms. The molecule has 13 heteroatoms. The number of methoxy groups -OCH3 is 2. The van der Waals surface area contributed by atoms with E-state index in [2.05, 4.69) is 15.6 Å². The summed E-state index contributed by atoms with van der Waals surface area (Å²) in [6, 6.07) is 12.8. The number of fused-ring (bicyclic) bond motifs is 8. The third-order valence-corrected chi connectivity index (χ3v) is 7.50. The molecule has 0 aliphatic carbocycles. The number of halogens is 1. The van der Waals surface area contributed by atoms with Crippen molar-refractivity contribution in [3.8, 4) is 23.0 Å². The number of pyridine rings is 1. The fraction of sp³-hybridized carbons (Fsp3) is 0.267. The average Bonchev–Trinajstić information content (AvgIpc) is 3.61. The van der Waals surface area contributed by atoms with Crippen molar-refractivity contribution in [1.82, 2.24) is 24.9 Å². The molecule has 2 N–H and O–H groups in total. The van der Waals surface area contributed by atoms with Gasteiger partial charge in [0.15, 0.2) is 6.61 Å². The third-order valence-electron chi connectivity index (χ3n) is 7.27. The van der Waals surface area contributed by atoms with Crippen LogP contribution in [0, 0.1) is 0 Å². The number of nitrogens with zero attached hydrogens (tertiary/aromatic N) is 3. The van der Waals surface area contributed by atoms with Gasteiger partial charge in [-0.1, -0.05) is 11.6 Å². The molecule has 0 spiro atoms. The number of benzene rings is 2. The van der Waals surface area contributed by atoms with Crippen molar-refractivity contribution in [3.05, 3.63) is 82.8 Å². The number of hydrogen-bond acceptors (Lipinski definition) is 8. The van der Waals surface area contributed by atoms with E-state index < -0.39 is 18.1 Å². The highest BCUT2D eigenvalue weighted by Gasteiger charge is 2.39. The Morgan fingerprint density at radius 2 is 1.88 bits per heavy atom. The molecule has 12 nitrogen and oxygen atoms in total. The summed E-state index contributed by atoms with van der Waals surface area (Å²) in [5.41, 5.74) is 1.81. The van der Waals surface area contributed by atoms with Crippen LogP contribution in [0.2, 0.25) is 5.02 Å². The highest BCUT2D eigenvalue weighted by molar-refractivity contribution is 6.30. The second-order valence-corrected chi connectivity index (χ2v) is 10.6. The van der Waals surface area contributed by atoms with Crippen molar-refractivity contribution < 1.29 is 33.3 Å². The number of carbonyl (C=O) groups is 3. The van der Waals surface area contributed by atoms with Crippen LogP contribution in [0.4, 0.5) is 0 Å². The molecule has 2 atom stereocenters. The van der Waals surface area contributed by atoms with Gasteiger partial charge in [0.05, 0.1) is 31.8 Å². The van der Waals surface area contributed by atoms with E-state index in [1.807, 2.05) is 0 Å². The molecule has 222 valence electrons. The molecule has 43 heavy (non-hydrogen) atoms. The number of ether oxygens (including phenoxy) is 4. The minimum absolute atomic E-state index is 0.171. The van der Waals surface area contributed by atoms with Gasteiger partial charge in [0.25, 0.3) is 17.7 Å². The van der Waals surface area contributed by atoms with Crippen molar-refractivity contribution >= 4 is 35.0 Å². The summed E-state index contributed by atoms with van der Waals surface area (Å²) in [6.45, 7) is 0.290.